The van der Waals surface area contributed by atoms with E-state index in [-0.39, 0.29) is 4.47 Å². The van der Waals surface area contributed by atoms with Crippen molar-refractivity contribution in [3.05, 3.63) is 40.6 Å². The van der Waals surface area contributed by atoms with Gasteiger partial charge in [-0.25, -0.2) is 4.68 Å². The van der Waals surface area contributed by atoms with Gasteiger partial charge in [0.1, 0.15) is 5.75 Å². The summed E-state index contributed by atoms with van der Waals surface area (Å²) < 4.78 is 44.7. The van der Waals surface area contributed by atoms with Gasteiger partial charge in [-0.15, -0.1) is 0 Å². The van der Waals surface area contributed by atoms with Crippen molar-refractivity contribution in [1.29, 1.82) is 0 Å². The van der Waals surface area contributed by atoms with Gasteiger partial charge in [-0.05, 0) is 47.1 Å². The topological polar surface area (TPSA) is 27.1 Å². The molecule has 102 valence electrons. The van der Waals surface area contributed by atoms with Crippen molar-refractivity contribution in [3.8, 4) is 11.4 Å². The lowest BCUT2D eigenvalue weighted by atomic mass is 10.3. The molecule has 7 heteroatoms. The van der Waals surface area contributed by atoms with E-state index < -0.39 is 11.9 Å². The van der Waals surface area contributed by atoms with E-state index >= 15 is 0 Å². The highest BCUT2D eigenvalue weighted by atomic mass is 79.9. The molecule has 0 saturated heterocycles. The second kappa shape index (κ2) is 5.24. The Morgan fingerprint density at radius 1 is 1.26 bits per heavy atom. The van der Waals surface area contributed by atoms with E-state index in [9.17, 15) is 13.2 Å². The molecule has 0 aliphatic rings. The van der Waals surface area contributed by atoms with Gasteiger partial charge in [0.05, 0.1) is 23.0 Å². The zero-order valence-corrected chi connectivity index (χ0v) is 11.5. The van der Waals surface area contributed by atoms with E-state index in [1.54, 1.807) is 12.1 Å². The lowest BCUT2D eigenvalue weighted by molar-refractivity contribution is -0.143. The third-order valence-corrected chi connectivity index (χ3v) is 2.97. The molecule has 0 saturated carbocycles. The van der Waals surface area contributed by atoms with Crippen LogP contribution in [0, 0.1) is 0 Å². The quantitative estimate of drug-likeness (QED) is 0.846. The van der Waals surface area contributed by atoms with E-state index in [0.29, 0.717) is 18.0 Å². The van der Waals surface area contributed by atoms with Gasteiger partial charge in [0, 0.05) is 0 Å². The molecule has 0 atom stereocenters. The van der Waals surface area contributed by atoms with Crippen LogP contribution in [-0.4, -0.2) is 16.4 Å². The molecule has 0 unspecified atom stereocenters. The molecule has 0 aliphatic heterocycles. The fourth-order valence-corrected chi connectivity index (χ4v) is 2.11. The molecule has 0 spiro atoms. The number of hydrogen-bond acceptors (Lipinski definition) is 2. The third kappa shape index (κ3) is 2.91. The van der Waals surface area contributed by atoms with Gasteiger partial charge >= 0.3 is 6.18 Å². The van der Waals surface area contributed by atoms with Crippen LogP contribution < -0.4 is 4.74 Å². The standard InChI is InChI=1S/C12H10BrF3N2O/c1-2-19-9-5-3-8(4-6-9)18-11(12(14,15)16)10(13)7-17-18/h3-7H,2H2,1H3. The molecular formula is C12H10BrF3N2O. The van der Waals surface area contributed by atoms with Gasteiger partial charge in [-0.1, -0.05) is 0 Å². The summed E-state index contributed by atoms with van der Waals surface area (Å²) in [5.41, 5.74) is -0.516. The minimum Gasteiger partial charge on any atom is -0.494 e. The molecule has 19 heavy (non-hydrogen) atoms. The summed E-state index contributed by atoms with van der Waals surface area (Å²) in [5, 5.41) is 3.74. The van der Waals surface area contributed by atoms with Crippen molar-refractivity contribution < 1.29 is 17.9 Å². The fraction of sp³-hybridized carbons (Fsp3) is 0.250. The Balaban J connectivity index is 2.42. The van der Waals surface area contributed by atoms with E-state index in [0.717, 1.165) is 10.9 Å². The summed E-state index contributed by atoms with van der Waals surface area (Å²) in [7, 11) is 0. The Hall–Kier alpha value is -1.50. The molecule has 1 heterocycles. The van der Waals surface area contributed by atoms with Gasteiger partial charge in [0.15, 0.2) is 5.69 Å². The van der Waals surface area contributed by atoms with Crippen LogP contribution in [0.1, 0.15) is 12.6 Å². The summed E-state index contributed by atoms with van der Waals surface area (Å²) in [6.07, 6.45) is -3.35. The predicted molar refractivity (Wildman–Crippen MR) is 67.4 cm³/mol. The Morgan fingerprint density at radius 3 is 2.42 bits per heavy atom. The number of halogens is 4. The second-order valence-corrected chi connectivity index (χ2v) is 4.53. The normalized spacial score (nSPS) is 11.6. The number of rotatable bonds is 3. The summed E-state index contributed by atoms with van der Waals surface area (Å²) in [6, 6.07) is 6.27. The molecule has 0 aliphatic carbocycles. The number of alkyl halides is 3. The van der Waals surface area contributed by atoms with E-state index in [1.165, 1.54) is 12.1 Å². The number of nitrogens with zero attached hydrogens (tertiary/aromatic N) is 2. The van der Waals surface area contributed by atoms with Gasteiger partial charge < -0.3 is 4.74 Å². The van der Waals surface area contributed by atoms with Gasteiger partial charge in [0.25, 0.3) is 0 Å². The van der Waals surface area contributed by atoms with Gasteiger partial charge in [-0.3, -0.25) is 0 Å². The predicted octanol–water partition coefficient (Wildman–Crippen LogP) is 4.05. The zero-order chi connectivity index (χ0) is 14.0. The molecule has 0 N–H and O–H groups in total. The van der Waals surface area contributed by atoms with Crippen LogP contribution >= 0.6 is 15.9 Å². The number of benzene rings is 1. The van der Waals surface area contributed by atoms with Crippen molar-refractivity contribution in [2.24, 2.45) is 0 Å². The van der Waals surface area contributed by atoms with Gasteiger partial charge in [0.2, 0.25) is 0 Å². The largest absolute Gasteiger partial charge is 0.494 e. The van der Waals surface area contributed by atoms with E-state index in [1.807, 2.05) is 6.92 Å². The van der Waals surface area contributed by atoms with Crippen LogP contribution in [0.15, 0.2) is 34.9 Å². The average molecular weight is 335 g/mol. The first kappa shape index (κ1) is 13.9. The van der Waals surface area contributed by atoms with E-state index in [4.69, 9.17) is 4.74 Å². The summed E-state index contributed by atoms with van der Waals surface area (Å²) >= 11 is 2.86. The molecule has 2 rings (SSSR count). The third-order valence-electron chi connectivity index (χ3n) is 2.39. The van der Waals surface area contributed by atoms with Crippen molar-refractivity contribution in [2.75, 3.05) is 6.61 Å². The Labute approximate surface area is 116 Å². The highest BCUT2D eigenvalue weighted by molar-refractivity contribution is 9.10. The maximum Gasteiger partial charge on any atom is 0.434 e. The molecule has 0 bridgehead atoms. The summed E-state index contributed by atoms with van der Waals surface area (Å²) in [5.74, 6) is 0.603. The maximum absolute atomic E-state index is 12.9. The van der Waals surface area contributed by atoms with Crippen molar-refractivity contribution in [1.82, 2.24) is 9.78 Å². The van der Waals surface area contributed by atoms with Crippen LogP contribution in [-0.2, 0) is 6.18 Å². The van der Waals surface area contributed by atoms with Crippen LogP contribution in [0.4, 0.5) is 13.2 Å². The van der Waals surface area contributed by atoms with Crippen LogP contribution in [0.5, 0.6) is 5.75 Å². The molecule has 0 amide bonds. The minimum absolute atomic E-state index is 0.0890. The minimum atomic E-state index is -4.48. The van der Waals surface area contributed by atoms with E-state index in [2.05, 4.69) is 21.0 Å². The molecule has 1 aromatic heterocycles. The monoisotopic (exact) mass is 334 g/mol. The van der Waals surface area contributed by atoms with Crippen molar-refractivity contribution in [2.45, 2.75) is 13.1 Å². The first-order valence-corrected chi connectivity index (χ1v) is 6.26. The molecular weight excluding hydrogens is 325 g/mol. The molecule has 0 radical (unpaired) electrons. The molecule has 2 aromatic rings. The zero-order valence-electron chi connectivity index (χ0n) is 9.91. The molecule has 3 nitrogen and oxygen atoms in total. The molecule has 1 aromatic carbocycles. The summed E-state index contributed by atoms with van der Waals surface area (Å²) in [6.45, 7) is 2.33. The number of aromatic nitrogens is 2. The summed E-state index contributed by atoms with van der Waals surface area (Å²) in [4.78, 5) is 0. The first-order chi connectivity index (χ1) is 8.93. The molecule has 0 fully saturated rings. The Bertz CT molecular complexity index is 563. The lowest BCUT2D eigenvalue weighted by Crippen LogP contribution is -2.13. The lowest BCUT2D eigenvalue weighted by Gasteiger charge is -2.11. The van der Waals surface area contributed by atoms with Crippen molar-refractivity contribution in [3.63, 3.8) is 0 Å². The Morgan fingerprint density at radius 2 is 1.89 bits per heavy atom. The number of hydrogen-bond donors (Lipinski definition) is 0. The smallest absolute Gasteiger partial charge is 0.434 e. The fourth-order valence-electron chi connectivity index (χ4n) is 1.63. The highest BCUT2D eigenvalue weighted by Gasteiger charge is 2.38. The van der Waals surface area contributed by atoms with Crippen LogP contribution in [0.2, 0.25) is 0 Å². The van der Waals surface area contributed by atoms with Crippen molar-refractivity contribution >= 4 is 15.9 Å². The SMILES string of the molecule is CCOc1ccc(-n2ncc(Br)c2C(F)(F)F)cc1. The second-order valence-electron chi connectivity index (χ2n) is 3.68. The van der Waals surface area contributed by atoms with Gasteiger partial charge in [-0.2, -0.15) is 18.3 Å². The first-order valence-electron chi connectivity index (χ1n) is 5.47. The maximum atomic E-state index is 12.9. The number of ether oxygens (including phenoxy) is 1. The highest BCUT2D eigenvalue weighted by Crippen LogP contribution is 2.36. The van der Waals surface area contributed by atoms with Crippen LogP contribution in [0.25, 0.3) is 5.69 Å². The Kier molecular flexibility index (Phi) is 3.84. The van der Waals surface area contributed by atoms with Crippen LogP contribution in [0.3, 0.4) is 0 Å². The average Bonchev–Trinajstić information content (AvgIpc) is 2.72.